The fraction of sp³-hybridized carbons (Fsp3) is 0.667. The summed E-state index contributed by atoms with van der Waals surface area (Å²) >= 11 is 1.70. The maximum absolute atomic E-state index is 12.0. The number of carbonyl (C=O) groups excluding carboxylic acids is 1. The summed E-state index contributed by atoms with van der Waals surface area (Å²) in [6.07, 6.45) is 2.95. The summed E-state index contributed by atoms with van der Waals surface area (Å²) in [5, 5.41) is 17.1. The van der Waals surface area contributed by atoms with Crippen LogP contribution < -0.4 is 10.6 Å². The Bertz CT molecular complexity index is 432. The van der Waals surface area contributed by atoms with E-state index in [0.717, 1.165) is 12.8 Å². The van der Waals surface area contributed by atoms with Crippen molar-refractivity contribution in [1.29, 1.82) is 0 Å². The van der Waals surface area contributed by atoms with Gasteiger partial charge < -0.3 is 20.6 Å². The highest BCUT2D eigenvalue weighted by Crippen LogP contribution is 2.33. The number of carbonyl (C=O) groups is 1. The minimum atomic E-state index is -0.135. The largest absolute Gasteiger partial charge is 0.396 e. The number of hydrogen-bond acceptors (Lipinski definition) is 4. The van der Waals surface area contributed by atoms with Gasteiger partial charge in [-0.1, -0.05) is 6.07 Å². The molecule has 0 radical (unpaired) electrons. The molecule has 1 saturated carbocycles. The Balaban J connectivity index is 1.81. The summed E-state index contributed by atoms with van der Waals surface area (Å²) in [6, 6.07) is 4.28. The number of urea groups is 1. The molecule has 21 heavy (non-hydrogen) atoms. The van der Waals surface area contributed by atoms with Crippen molar-refractivity contribution in [2.24, 2.45) is 5.92 Å². The molecular weight excluding hydrogens is 286 g/mol. The molecule has 2 atom stereocenters. The minimum Gasteiger partial charge on any atom is -0.396 e. The van der Waals surface area contributed by atoms with Crippen LogP contribution >= 0.6 is 11.3 Å². The second kappa shape index (κ2) is 7.77. The molecule has 0 aromatic carbocycles. The number of thiophene rings is 1. The molecular formula is C15H25N3O2S. The highest BCUT2D eigenvalue weighted by atomic mass is 32.1. The van der Waals surface area contributed by atoms with Crippen molar-refractivity contribution in [1.82, 2.24) is 15.5 Å². The number of hydrogen-bond donors (Lipinski definition) is 3. The van der Waals surface area contributed by atoms with Crippen LogP contribution in [-0.2, 0) is 0 Å². The van der Waals surface area contributed by atoms with Gasteiger partial charge in [0.15, 0.2) is 0 Å². The van der Waals surface area contributed by atoms with E-state index in [1.165, 1.54) is 4.88 Å². The minimum absolute atomic E-state index is 0.106. The molecule has 118 valence electrons. The Kier molecular flexibility index (Phi) is 6.02. The summed E-state index contributed by atoms with van der Waals surface area (Å²) in [6.45, 7) is 0.701. The van der Waals surface area contributed by atoms with E-state index < -0.39 is 0 Å². The Morgan fingerprint density at radius 3 is 2.81 bits per heavy atom. The topological polar surface area (TPSA) is 64.6 Å². The predicted octanol–water partition coefficient (Wildman–Crippen LogP) is 1.81. The molecule has 3 N–H and O–H groups in total. The van der Waals surface area contributed by atoms with Gasteiger partial charge in [-0.05, 0) is 50.7 Å². The number of aliphatic hydroxyl groups is 1. The smallest absolute Gasteiger partial charge is 0.315 e. The molecule has 1 heterocycles. The zero-order valence-electron chi connectivity index (χ0n) is 12.7. The quantitative estimate of drug-likeness (QED) is 0.686. The molecule has 1 fully saturated rings. The third kappa shape index (κ3) is 4.98. The molecule has 6 heteroatoms. The number of aliphatic hydroxyl groups excluding tert-OH is 1. The zero-order valence-corrected chi connectivity index (χ0v) is 13.5. The Hall–Kier alpha value is -1.11. The van der Waals surface area contributed by atoms with Crippen LogP contribution in [0.4, 0.5) is 4.79 Å². The van der Waals surface area contributed by atoms with Crippen LogP contribution in [0.3, 0.4) is 0 Å². The van der Waals surface area contributed by atoms with Gasteiger partial charge in [0.2, 0.25) is 0 Å². The van der Waals surface area contributed by atoms with E-state index in [2.05, 4.69) is 27.0 Å². The number of nitrogens with zero attached hydrogens (tertiary/aromatic N) is 1. The average Bonchev–Trinajstić information content (AvgIpc) is 3.15. The highest BCUT2D eigenvalue weighted by molar-refractivity contribution is 7.10. The van der Waals surface area contributed by atoms with E-state index in [-0.39, 0.29) is 24.7 Å². The molecule has 1 aromatic heterocycles. The fourth-order valence-electron chi connectivity index (χ4n) is 2.49. The number of nitrogens with one attached hydrogen (secondary N) is 2. The van der Waals surface area contributed by atoms with Gasteiger partial charge in [0.25, 0.3) is 0 Å². The average molecular weight is 311 g/mol. The van der Waals surface area contributed by atoms with Crippen molar-refractivity contribution in [2.75, 3.05) is 27.2 Å². The van der Waals surface area contributed by atoms with Crippen molar-refractivity contribution in [3.8, 4) is 0 Å². The number of likely N-dealkylation sites (N-methyl/N-ethyl adjacent to an activating group) is 1. The molecule has 0 spiro atoms. The first-order valence-electron chi connectivity index (χ1n) is 7.47. The number of rotatable bonds is 8. The van der Waals surface area contributed by atoms with Crippen molar-refractivity contribution in [3.05, 3.63) is 22.4 Å². The number of amides is 2. The molecule has 1 aliphatic rings. The summed E-state index contributed by atoms with van der Waals surface area (Å²) in [5.41, 5.74) is 0. The van der Waals surface area contributed by atoms with Crippen molar-refractivity contribution >= 4 is 17.4 Å². The molecule has 1 aromatic rings. The lowest BCUT2D eigenvalue weighted by molar-refractivity contribution is 0.219. The SMILES string of the molecule is CN(C)[C@@H](CNC(=O)N[C@@H](CCO)C1CC1)c1cccs1. The maximum Gasteiger partial charge on any atom is 0.315 e. The summed E-state index contributed by atoms with van der Waals surface area (Å²) in [7, 11) is 4.03. The van der Waals surface area contributed by atoms with Crippen LogP contribution in [0.1, 0.15) is 30.2 Å². The zero-order chi connectivity index (χ0) is 15.2. The van der Waals surface area contributed by atoms with Gasteiger partial charge in [0, 0.05) is 24.1 Å². The Morgan fingerprint density at radius 1 is 1.52 bits per heavy atom. The molecule has 2 amide bonds. The van der Waals surface area contributed by atoms with Gasteiger partial charge in [-0.3, -0.25) is 0 Å². The van der Waals surface area contributed by atoms with E-state index in [9.17, 15) is 4.79 Å². The van der Waals surface area contributed by atoms with E-state index in [1.807, 2.05) is 20.2 Å². The van der Waals surface area contributed by atoms with Crippen LogP contribution in [0.2, 0.25) is 0 Å². The first-order valence-corrected chi connectivity index (χ1v) is 8.35. The van der Waals surface area contributed by atoms with Crippen LogP contribution in [-0.4, -0.2) is 49.3 Å². The van der Waals surface area contributed by atoms with Crippen LogP contribution in [0.15, 0.2) is 17.5 Å². The van der Waals surface area contributed by atoms with Crippen molar-refractivity contribution in [3.63, 3.8) is 0 Å². The lowest BCUT2D eigenvalue weighted by Crippen LogP contribution is -2.45. The van der Waals surface area contributed by atoms with Crippen molar-refractivity contribution < 1.29 is 9.90 Å². The monoisotopic (exact) mass is 311 g/mol. The second-order valence-corrected chi connectivity index (χ2v) is 6.78. The molecule has 2 rings (SSSR count). The van der Waals surface area contributed by atoms with Gasteiger partial charge in [-0.2, -0.15) is 0 Å². The molecule has 0 saturated heterocycles. The van der Waals surface area contributed by atoms with E-state index in [1.54, 1.807) is 11.3 Å². The van der Waals surface area contributed by atoms with Crippen LogP contribution in [0.25, 0.3) is 0 Å². The van der Waals surface area contributed by atoms with Gasteiger partial charge in [0.1, 0.15) is 0 Å². The predicted molar refractivity (Wildman–Crippen MR) is 85.5 cm³/mol. The lowest BCUT2D eigenvalue weighted by Gasteiger charge is -2.24. The normalized spacial score (nSPS) is 17.5. The Morgan fingerprint density at radius 2 is 2.29 bits per heavy atom. The summed E-state index contributed by atoms with van der Waals surface area (Å²) in [4.78, 5) is 15.4. The van der Waals surface area contributed by atoms with Gasteiger partial charge in [0.05, 0.1) is 6.04 Å². The van der Waals surface area contributed by atoms with Gasteiger partial charge in [-0.15, -0.1) is 11.3 Å². The summed E-state index contributed by atoms with van der Waals surface area (Å²) < 4.78 is 0. The van der Waals surface area contributed by atoms with E-state index >= 15 is 0 Å². The maximum atomic E-state index is 12.0. The van der Waals surface area contributed by atoms with E-state index in [4.69, 9.17) is 5.11 Å². The van der Waals surface area contributed by atoms with Crippen LogP contribution in [0, 0.1) is 5.92 Å². The lowest BCUT2D eigenvalue weighted by atomic mass is 10.1. The van der Waals surface area contributed by atoms with E-state index in [0.29, 0.717) is 18.9 Å². The summed E-state index contributed by atoms with van der Waals surface area (Å²) in [5.74, 6) is 0.546. The fourth-order valence-corrected chi connectivity index (χ4v) is 3.41. The first kappa shape index (κ1) is 16.3. The standard InChI is InChI=1S/C15H25N3O2S/c1-18(2)13(14-4-3-9-21-14)10-16-15(20)17-12(7-8-19)11-5-6-11/h3-4,9,11-13,19H,5-8,10H2,1-2H3,(H2,16,17,20)/t12-,13-/m0/s1. The van der Waals surface area contributed by atoms with Gasteiger partial charge in [-0.25, -0.2) is 4.79 Å². The van der Waals surface area contributed by atoms with Crippen molar-refractivity contribution in [2.45, 2.75) is 31.3 Å². The molecule has 1 aliphatic carbocycles. The second-order valence-electron chi connectivity index (χ2n) is 5.81. The molecule has 0 unspecified atom stereocenters. The van der Waals surface area contributed by atoms with Crippen LogP contribution in [0.5, 0.6) is 0 Å². The van der Waals surface area contributed by atoms with Gasteiger partial charge >= 0.3 is 6.03 Å². The highest BCUT2D eigenvalue weighted by Gasteiger charge is 2.31. The third-order valence-corrected chi connectivity index (χ3v) is 4.87. The molecule has 0 bridgehead atoms. The third-order valence-electron chi connectivity index (χ3n) is 3.90. The Labute approximate surface area is 130 Å². The first-order chi connectivity index (χ1) is 10.1. The molecule has 0 aliphatic heterocycles. The molecule has 5 nitrogen and oxygen atoms in total.